The Morgan fingerprint density at radius 1 is 0.960 bits per heavy atom. The lowest BCUT2D eigenvalue weighted by Crippen LogP contribution is -2.16. The lowest BCUT2D eigenvalue weighted by atomic mass is 10.0. The molecular weight excluding hydrogens is 310 g/mol. The molecule has 1 amide bonds. The van der Waals surface area contributed by atoms with E-state index in [0.29, 0.717) is 12.1 Å². The van der Waals surface area contributed by atoms with Gasteiger partial charge in [-0.05, 0) is 55.3 Å². The van der Waals surface area contributed by atoms with Gasteiger partial charge in [-0.2, -0.15) is 0 Å². The highest BCUT2D eigenvalue weighted by molar-refractivity contribution is 6.09. The molecule has 0 radical (unpaired) electrons. The molecule has 2 N–H and O–H groups in total. The third kappa shape index (κ3) is 4.23. The molecule has 2 aromatic carbocycles. The number of amides is 1. The third-order valence-electron chi connectivity index (χ3n) is 4.04. The van der Waals surface area contributed by atoms with Gasteiger partial charge in [0.25, 0.3) is 5.91 Å². The first-order chi connectivity index (χ1) is 12.1. The number of aromatic nitrogens is 1. The van der Waals surface area contributed by atoms with E-state index in [9.17, 15) is 4.79 Å². The molecule has 3 rings (SSSR count). The molecule has 0 unspecified atom stereocenters. The van der Waals surface area contributed by atoms with Crippen LogP contribution >= 0.6 is 0 Å². The largest absolute Gasteiger partial charge is 0.380 e. The molecule has 126 valence electrons. The molecule has 4 heteroatoms. The summed E-state index contributed by atoms with van der Waals surface area (Å²) in [5, 5.41) is 6.33. The van der Waals surface area contributed by atoms with Crippen molar-refractivity contribution >= 4 is 17.3 Å². The molecule has 0 aliphatic carbocycles. The van der Waals surface area contributed by atoms with E-state index < -0.39 is 0 Å². The fourth-order valence-electron chi connectivity index (χ4n) is 2.64. The van der Waals surface area contributed by atoms with Gasteiger partial charge in [-0.15, -0.1) is 0 Å². The van der Waals surface area contributed by atoms with Crippen LogP contribution in [0, 0.1) is 13.8 Å². The molecule has 25 heavy (non-hydrogen) atoms. The summed E-state index contributed by atoms with van der Waals surface area (Å²) < 4.78 is 0. The summed E-state index contributed by atoms with van der Waals surface area (Å²) in [7, 11) is 0. The van der Waals surface area contributed by atoms with E-state index in [2.05, 4.69) is 15.6 Å². The maximum atomic E-state index is 12.8. The number of benzene rings is 2. The Morgan fingerprint density at radius 2 is 1.68 bits per heavy atom. The minimum Gasteiger partial charge on any atom is -0.380 e. The van der Waals surface area contributed by atoms with Crippen molar-refractivity contribution in [3.05, 3.63) is 89.2 Å². The number of carbonyl (C=O) groups is 1. The molecule has 0 aliphatic rings. The number of carbonyl (C=O) groups excluding carboxylic acids is 1. The number of anilines is 2. The smallest absolute Gasteiger partial charge is 0.258 e. The molecule has 1 heterocycles. The van der Waals surface area contributed by atoms with Crippen molar-refractivity contribution < 1.29 is 4.79 Å². The van der Waals surface area contributed by atoms with Gasteiger partial charge in [0.15, 0.2) is 0 Å². The van der Waals surface area contributed by atoms with Crippen molar-refractivity contribution in [3.8, 4) is 0 Å². The summed E-state index contributed by atoms with van der Waals surface area (Å²) >= 11 is 0. The molecule has 0 atom stereocenters. The van der Waals surface area contributed by atoms with Crippen LogP contribution in [0.4, 0.5) is 11.4 Å². The van der Waals surface area contributed by atoms with Crippen LogP contribution in [-0.4, -0.2) is 10.9 Å². The van der Waals surface area contributed by atoms with Gasteiger partial charge in [0, 0.05) is 30.3 Å². The van der Waals surface area contributed by atoms with Gasteiger partial charge in [0.2, 0.25) is 0 Å². The van der Waals surface area contributed by atoms with Gasteiger partial charge < -0.3 is 10.6 Å². The number of aryl methyl sites for hydroxylation is 2. The zero-order chi connectivity index (χ0) is 17.6. The fourth-order valence-corrected chi connectivity index (χ4v) is 2.64. The maximum absolute atomic E-state index is 12.8. The zero-order valence-electron chi connectivity index (χ0n) is 14.4. The Hall–Kier alpha value is -3.14. The predicted molar refractivity (Wildman–Crippen MR) is 102 cm³/mol. The molecule has 0 saturated carbocycles. The van der Waals surface area contributed by atoms with Gasteiger partial charge in [-0.3, -0.25) is 9.78 Å². The van der Waals surface area contributed by atoms with Crippen LogP contribution < -0.4 is 10.6 Å². The summed E-state index contributed by atoms with van der Waals surface area (Å²) in [5.74, 6) is -0.112. The second-order valence-electron chi connectivity index (χ2n) is 6.03. The van der Waals surface area contributed by atoms with E-state index in [0.717, 1.165) is 28.1 Å². The average molecular weight is 331 g/mol. The first kappa shape index (κ1) is 16.7. The average Bonchev–Trinajstić information content (AvgIpc) is 2.62. The van der Waals surface area contributed by atoms with E-state index in [1.165, 1.54) is 0 Å². The van der Waals surface area contributed by atoms with Crippen LogP contribution in [0.5, 0.6) is 0 Å². The molecule has 4 nitrogen and oxygen atoms in total. The monoisotopic (exact) mass is 331 g/mol. The van der Waals surface area contributed by atoms with Crippen LogP contribution in [0.3, 0.4) is 0 Å². The fraction of sp³-hybridized carbons (Fsp3) is 0.143. The summed E-state index contributed by atoms with van der Waals surface area (Å²) in [5.41, 5.74) is 5.48. The maximum Gasteiger partial charge on any atom is 0.258 e. The van der Waals surface area contributed by atoms with Crippen LogP contribution in [-0.2, 0) is 6.54 Å². The number of rotatable bonds is 5. The number of pyridine rings is 1. The quantitative estimate of drug-likeness (QED) is 0.720. The number of nitrogens with one attached hydrogen (secondary N) is 2. The summed E-state index contributed by atoms with van der Waals surface area (Å²) in [4.78, 5) is 16.8. The SMILES string of the molecule is Cc1ccc(NC(=O)c2c(C)cccc2NCc2ccncc2)cc1. The summed E-state index contributed by atoms with van der Waals surface area (Å²) in [6.45, 7) is 4.60. The molecular formula is C21H21N3O. The second kappa shape index (κ2) is 7.62. The van der Waals surface area contributed by atoms with Gasteiger partial charge >= 0.3 is 0 Å². The minimum atomic E-state index is -0.112. The Morgan fingerprint density at radius 3 is 2.40 bits per heavy atom. The van der Waals surface area contributed by atoms with Crippen molar-refractivity contribution in [3.63, 3.8) is 0 Å². The topological polar surface area (TPSA) is 54.0 Å². The highest BCUT2D eigenvalue weighted by Gasteiger charge is 2.14. The predicted octanol–water partition coefficient (Wildman–Crippen LogP) is 4.56. The summed E-state index contributed by atoms with van der Waals surface area (Å²) in [6, 6.07) is 17.5. The summed E-state index contributed by atoms with van der Waals surface area (Å²) in [6.07, 6.45) is 3.52. The molecule has 0 bridgehead atoms. The van der Waals surface area contributed by atoms with Crippen LogP contribution in [0.2, 0.25) is 0 Å². The Bertz CT molecular complexity index is 858. The molecule has 0 saturated heterocycles. The standard InChI is InChI=1S/C21H21N3O/c1-15-6-8-18(9-7-15)24-21(25)20-16(2)4-3-5-19(20)23-14-17-10-12-22-13-11-17/h3-13,23H,14H2,1-2H3,(H,24,25). The lowest BCUT2D eigenvalue weighted by molar-refractivity contribution is 0.102. The lowest BCUT2D eigenvalue weighted by Gasteiger charge is -2.15. The van der Waals surface area contributed by atoms with E-state index >= 15 is 0 Å². The third-order valence-corrected chi connectivity index (χ3v) is 4.04. The van der Waals surface area contributed by atoms with Crippen molar-refractivity contribution in [1.29, 1.82) is 0 Å². The first-order valence-corrected chi connectivity index (χ1v) is 8.24. The van der Waals surface area contributed by atoms with Gasteiger partial charge in [0.05, 0.1) is 5.56 Å². The van der Waals surface area contributed by atoms with E-state index in [4.69, 9.17) is 0 Å². The van der Waals surface area contributed by atoms with Gasteiger partial charge in [-0.25, -0.2) is 0 Å². The van der Waals surface area contributed by atoms with Crippen LogP contribution in [0.25, 0.3) is 0 Å². The first-order valence-electron chi connectivity index (χ1n) is 8.24. The zero-order valence-corrected chi connectivity index (χ0v) is 14.4. The van der Waals surface area contributed by atoms with E-state index in [1.54, 1.807) is 12.4 Å². The van der Waals surface area contributed by atoms with Crippen molar-refractivity contribution in [2.45, 2.75) is 20.4 Å². The second-order valence-corrected chi connectivity index (χ2v) is 6.03. The molecule has 3 aromatic rings. The van der Waals surface area contributed by atoms with Gasteiger partial charge in [-0.1, -0.05) is 29.8 Å². The van der Waals surface area contributed by atoms with Crippen LogP contribution in [0.1, 0.15) is 27.0 Å². The molecule has 1 aromatic heterocycles. The Labute approximate surface area is 147 Å². The number of hydrogen-bond acceptors (Lipinski definition) is 3. The minimum absolute atomic E-state index is 0.112. The highest BCUT2D eigenvalue weighted by Crippen LogP contribution is 2.22. The van der Waals surface area contributed by atoms with E-state index in [1.807, 2.05) is 68.4 Å². The van der Waals surface area contributed by atoms with Crippen molar-refractivity contribution in [1.82, 2.24) is 4.98 Å². The normalized spacial score (nSPS) is 10.3. The molecule has 0 spiro atoms. The highest BCUT2D eigenvalue weighted by atomic mass is 16.1. The number of hydrogen-bond donors (Lipinski definition) is 2. The van der Waals surface area contributed by atoms with Crippen molar-refractivity contribution in [2.75, 3.05) is 10.6 Å². The molecule has 0 aliphatic heterocycles. The Balaban J connectivity index is 1.80. The molecule has 0 fully saturated rings. The Kier molecular flexibility index (Phi) is 5.09. The van der Waals surface area contributed by atoms with Gasteiger partial charge in [0.1, 0.15) is 0 Å². The number of nitrogens with zero attached hydrogens (tertiary/aromatic N) is 1. The van der Waals surface area contributed by atoms with Crippen LogP contribution in [0.15, 0.2) is 67.0 Å². The van der Waals surface area contributed by atoms with E-state index in [-0.39, 0.29) is 5.91 Å². The van der Waals surface area contributed by atoms with Crippen molar-refractivity contribution in [2.24, 2.45) is 0 Å².